The molecule has 2 fully saturated rings. The zero-order valence-electron chi connectivity index (χ0n) is 15.0. The molecule has 27 heavy (non-hydrogen) atoms. The molecular weight excluding hydrogens is 351 g/mol. The summed E-state index contributed by atoms with van der Waals surface area (Å²) in [5, 5.41) is 5.46. The Labute approximate surface area is 156 Å². The van der Waals surface area contributed by atoms with E-state index in [1.165, 1.54) is 0 Å². The smallest absolute Gasteiger partial charge is 0.255 e. The van der Waals surface area contributed by atoms with Crippen LogP contribution in [0.3, 0.4) is 0 Å². The molecule has 0 aromatic heterocycles. The predicted molar refractivity (Wildman–Crippen MR) is 95.5 cm³/mol. The Hall–Kier alpha value is -2.32. The van der Waals surface area contributed by atoms with Gasteiger partial charge in [-0.2, -0.15) is 0 Å². The number of carbonyl (C=O) groups excluding carboxylic acids is 3. The molecule has 1 aromatic carbocycles. The fourth-order valence-corrected chi connectivity index (χ4v) is 4.10. The van der Waals surface area contributed by atoms with E-state index in [0.29, 0.717) is 31.6 Å². The second kappa shape index (κ2) is 7.36. The monoisotopic (exact) mass is 374 g/mol. The van der Waals surface area contributed by atoms with Crippen molar-refractivity contribution in [1.29, 1.82) is 0 Å². The van der Waals surface area contributed by atoms with Crippen molar-refractivity contribution in [2.75, 3.05) is 26.3 Å². The van der Waals surface area contributed by atoms with E-state index < -0.39 is 11.9 Å². The van der Waals surface area contributed by atoms with Crippen molar-refractivity contribution >= 4 is 17.7 Å². The summed E-state index contributed by atoms with van der Waals surface area (Å²) in [5.41, 5.74) is 2.52. The first-order chi connectivity index (χ1) is 13.0. The number of fused-ring (bicyclic) bond motifs is 1. The van der Waals surface area contributed by atoms with Crippen LogP contribution in [0.4, 0.5) is 4.39 Å². The fraction of sp³-hybridized carbons (Fsp3) is 0.526. The lowest BCUT2D eigenvalue weighted by molar-refractivity contribution is -0.136. The van der Waals surface area contributed by atoms with Crippen LogP contribution in [0.5, 0.6) is 0 Å². The third kappa shape index (κ3) is 3.59. The molecule has 7 nitrogen and oxygen atoms in total. The lowest BCUT2D eigenvalue weighted by Crippen LogP contribution is -2.52. The summed E-state index contributed by atoms with van der Waals surface area (Å²) >= 11 is 0. The maximum atomic E-state index is 12.9. The van der Waals surface area contributed by atoms with Gasteiger partial charge in [-0.15, -0.1) is 0 Å². The van der Waals surface area contributed by atoms with Crippen LogP contribution in [0.25, 0.3) is 0 Å². The van der Waals surface area contributed by atoms with E-state index >= 15 is 0 Å². The van der Waals surface area contributed by atoms with E-state index in [1.807, 2.05) is 18.2 Å². The van der Waals surface area contributed by atoms with Gasteiger partial charge in [0.15, 0.2) is 0 Å². The third-order valence-corrected chi connectivity index (χ3v) is 5.52. The summed E-state index contributed by atoms with van der Waals surface area (Å²) in [7, 11) is 0. The minimum Gasteiger partial charge on any atom is -0.322 e. The van der Waals surface area contributed by atoms with E-state index in [4.69, 9.17) is 0 Å². The van der Waals surface area contributed by atoms with Crippen molar-refractivity contribution in [2.45, 2.75) is 38.0 Å². The lowest BCUT2D eigenvalue weighted by atomic mass is 10.0. The van der Waals surface area contributed by atoms with Gasteiger partial charge in [0, 0.05) is 50.7 Å². The van der Waals surface area contributed by atoms with Gasteiger partial charge in [-0.25, -0.2) is 4.39 Å². The number of rotatable bonds is 4. The zero-order valence-corrected chi connectivity index (χ0v) is 15.0. The molecule has 3 amide bonds. The minimum absolute atomic E-state index is 0.141. The van der Waals surface area contributed by atoms with Gasteiger partial charge in [-0.3, -0.25) is 24.6 Å². The molecule has 3 aliphatic rings. The van der Waals surface area contributed by atoms with Gasteiger partial charge in [-0.1, -0.05) is 12.1 Å². The van der Waals surface area contributed by atoms with E-state index in [1.54, 1.807) is 4.90 Å². The zero-order chi connectivity index (χ0) is 19.0. The van der Waals surface area contributed by atoms with Crippen LogP contribution in [-0.4, -0.2) is 65.9 Å². The number of hydrogen-bond donors (Lipinski definition) is 2. The van der Waals surface area contributed by atoms with Crippen molar-refractivity contribution < 1.29 is 18.8 Å². The molecule has 3 heterocycles. The van der Waals surface area contributed by atoms with Crippen LogP contribution in [-0.2, 0) is 22.7 Å². The van der Waals surface area contributed by atoms with Crippen molar-refractivity contribution in [3.63, 3.8) is 0 Å². The Kier molecular flexibility index (Phi) is 4.92. The Balaban J connectivity index is 1.46. The average Bonchev–Trinajstić information content (AvgIpc) is 2.98. The molecule has 2 saturated heterocycles. The van der Waals surface area contributed by atoms with Gasteiger partial charge in [0.1, 0.15) is 12.7 Å². The number of piperidine rings is 1. The molecule has 1 aromatic rings. The second-order valence-electron chi connectivity index (χ2n) is 7.43. The maximum Gasteiger partial charge on any atom is 0.255 e. The standard InChI is InChI=1S/C19H23FN4O3/c20-8-14-11-23(6-5-21-14)9-12-1-2-13-10-24(19(27)15(13)7-12)16-3-4-17(25)22-18(16)26/h1-2,7,14,16,21H,3-6,8-11H2,(H,22,25,26). The maximum absolute atomic E-state index is 12.9. The molecule has 2 atom stereocenters. The Morgan fingerprint density at radius 3 is 2.85 bits per heavy atom. The number of imide groups is 1. The number of piperazine rings is 1. The molecule has 3 aliphatic heterocycles. The average molecular weight is 374 g/mol. The largest absolute Gasteiger partial charge is 0.322 e. The van der Waals surface area contributed by atoms with E-state index in [9.17, 15) is 18.8 Å². The molecule has 0 aliphatic carbocycles. The SMILES string of the molecule is O=C1CCC(N2Cc3ccc(CN4CCNC(CF)C4)cc3C2=O)C(=O)N1. The van der Waals surface area contributed by atoms with Crippen molar-refractivity contribution in [3.05, 3.63) is 34.9 Å². The summed E-state index contributed by atoms with van der Waals surface area (Å²) in [6, 6.07) is 5.08. The first-order valence-electron chi connectivity index (χ1n) is 9.33. The van der Waals surface area contributed by atoms with Crippen molar-refractivity contribution in [2.24, 2.45) is 0 Å². The summed E-state index contributed by atoms with van der Waals surface area (Å²) in [6.45, 7) is 2.89. The third-order valence-electron chi connectivity index (χ3n) is 5.52. The Morgan fingerprint density at radius 2 is 2.07 bits per heavy atom. The molecular formula is C19H23FN4O3. The van der Waals surface area contributed by atoms with E-state index in [0.717, 1.165) is 24.2 Å². The van der Waals surface area contributed by atoms with Gasteiger partial charge in [0.05, 0.1) is 0 Å². The van der Waals surface area contributed by atoms with Gasteiger partial charge in [0.2, 0.25) is 11.8 Å². The van der Waals surface area contributed by atoms with Crippen LogP contribution < -0.4 is 10.6 Å². The summed E-state index contributed by atoms with van der Waals surface area (Å²) in [4.78, 5) is 40.0. The number of nitrogens with one attached hydrogen (secondary N) is 2. The van der Waals surface area contributed by atoms with E-state index in [2.05, 4.69) is 15.5 Å². The number of carbonyl (C=O) groups is 3. The summed E-state index contributed by atoms with van der Waals surface area (Å²) in [5.74, 6) is -0.848. The van der Waals surface area contributed by atoms with Gasteiger partial charge in [-0.05, 0) is 23.6 Å². The highest BCUT2D eigenvalue weighted by Gasteiger charge is 2.39. The Bertz CT molecular complexity index is 784. The van der Waals surface area contributed by atoms with Crippen LogP contribution in [0.2, 0.25) is 0 Å². The predicted octanol–water partition coefficient (Wildman–Crippen LogP) is 0.191. The van der Waals surface area contributed by atoms with E-state index in [-0.39, 0.29) is 31.0 Å². The van der Waals surface area contributed by atoms with Gasteiger partial charge >= 0.3 is 0 Å². The lowest BCUT2D eigenvalue weighted by Gasteiger charge is -2.32. The first-order valence-corrected chi connectivity index (χ1v) is 9.33. The number of nitrogens with zero attached hydrogens (tertiary/aromatic N) is 2. The molecule has 0 bridgehead atoms. The minimum atomic E-state index is -0.593. The number of hydrogen-bond acceptors (Lipinski definition) is 5. The van der Waals surface area contributed by atoms with Crippen molar-refractivity contribution in [3.8, 4) is 0 Å². The first kappa shape index (κ1) is 18.1. The summed E-state index contributed by atoms with van der Waals surface area (Å²) in [6.07, 6.45) is 0.614. The van der Waals surface area contributed by atoms with Gasteiger partial charge in [0.25, 0.3) is 5.91 Å². The molecule has 4 rings (SSSR count). The van der Waals surface area contributed by atoms with Crippen molar-refractivity contribution in [1.82, 2.24) is 20.4 Å². The molecule has 8 heteroatoms. The highest BCUT2D eigenvalue weighted by atomic mass is 19.1. The van der Waals surface area contributed by atoms with Crippen LogP contribution in [0.1, 0.15) is 34.3 Å². The number of halogens is 1. The summed E-state index contributed by atoms with van der Waals surface area (Å²) < 4.78 is 12.9. The molecule has 2 unspecified atom stereocenters. The highest BCUT2D eigenvalue weighted by Crippen LogP contribution is 2.28. The molecule has 144 valence electrons. The number of benzene rings is 1. The molecule has 2 N–H and O–H groups in total. The molecule has 0 radical (unpaired) electrons. The second-order valence-corrected chi connectivity index (χ2v) is 7.43. The fourth-order valence-electron chi connectivity index (χ4n) is 4.10. The normalized spacial score (nSPS) is 26.3. The van der Waals surface area contributed by atoms with Crippen LogP contribution >= 0.6 is 0 Å². The van der Waals surface area contributed by atoms with Crippen LogP contribution in [0, 0.1) is 0 Å². The topological polar surface area (TPSA) is 81.8 Å². The quantitative estimate of drug-likeness (QED) is 0.736. The molecule has 0 saturated carbocycles. The number of amides is 3. The van der Waals surface area contributed by atoms with Gasteiger partial charge < -0.3 is 10.2 Å². The Morgan fingerprint density at radius 1 is 1.22 bits per heavy atom. The highest BCUT2D eigenvalue weighted by molar-refractivity contribution is 6.05. The number of alkyl halides is 1. The van der Waals surface area contributed by atoms with Crippen LogP contribution in [0.15, 0.2) is 18.2 Å². The molecule has 0 spiro atoms.